The molecule has 0 heterocycles. The summed E-state index contributed by atoms with van der Waals surface area (Å²) >= 11 is 12.0. The van der Waals surface area contributed by atoms with Gasteiger partial charge in [0.05, 0.1) is 5.88 Å². The van der Waals surface area contributed by atoms with Gasteiger partial charge in [-0.1, -0.05) is 41.9 Å². The van der Waals surface area contributed by atoms with Crippen molar-refractivity contribution >= 4 is 23.2 Å². The van der Waals surface area contributed by atoms with Gasteiger partial charge in [0.25, 0.3) is 0 Å². The van der Waals surface area contributed by atoms with Crippen molar-refractivity contribution in [3.8, 4) is 0 Å². The van der Waals surface area contributed by atoms with Crippen molar-refractivity contribution in [3.63, 3.8) is 0 Å². The average Bonchev–Trinajstić information content (AvgIpc) is 2.42. The summed E-state index contributed by atoms with van der Waals surface area (Å²) in [5, 5.41) is 11.2. The van der Waals surface area contributed by atoms with E-state index in [2.05, 4.69) is 0 Å². The molecule has 1 atom stereocenters. The maximum atomic E-state index is 12.9. The van der Waals surface area contributed by atoms with Gasteiger partial charge < -0.3 is 5.11 Å². The second-order valence-corrected chi connectivity index (χ2v) is 5.11. The lowest BCUT2D eigenvalue weighted by Crippen LogP contribution is -2.30. The molecule has 19 heavy (non-hydrogen) atoms. The summed E-state index contributed by atoms with van der Waals surface area (Å²) in [5.41, 5.74) is 0.112. The molecule has 0 fully saturated rings. The largest absolute Gasteiger partial charge is 0.384 e. The zero-order valence-corrected chi connectivity index (χ0v) is 11.6. The van der Waals surface area contributed by atoms with Crippen molar-refractivity contribution in [3.05, 3.63) is 70.5 Å². The Morgan fingerprint density at radius 2 is 1.68 bits per heavy atom. The van der Waals surface area contributed by atoms with Crippen molar-refractivity contribution in [2.24, 2.45) is 0 Å². The fraction of sp³-hybridized carbons (Fsp3) is 0.200. The molecular weight excluding hydrogens is 286 g/mol. The van der Waals surface area contributed by atoms with E-state index in [4.69, 9.17) is 23.2 Å². The van der Waals surface area contributed by atoms with Gasteiger partial charge in [0, 0.05) is 11.4 Å². The van der Waals surface area contributed by atoms with Crippen LogP contribution in [0.15, 0.2) is 48.5 Å². The van der Waals surface area contributed by atoms with E-state index in [1.54, 1.807) is 6.07 Å². The molecule has 0 bridgehead atoms. The summed E-state index contributed by atoms with van der Waals surface area (Å²) in [4.78, 5) is 0. The molecule has 0 amide bonds. The first-order valence-electron chi connectivity index (χ1n) is 5.83. The van der Waals surface area contributed by atoms with Gasteiger partial charge in [-0.05, 0) is 29.3 Å². The zero-order valence-electron chi connectivity index (χ0n) is 10.1. The Bertz CT molecular complexity index is 556. The van der Waals surface area contributed by atoms with Crippen LogP contribution in [0.4, 0.5) is 4.39 Å². The highest BCUT2D eigenvalue weighted by Crippen LogP contribution is 2.30. The number of hydrogen-bond acceptors (Lipinski definition) is 1. The van der Waals surface area contributed by atoms with Crippen LogP contribution in [0.1, 0.15) is 11.1 Å². The monoisotopic (exact) mass is 298 g/mol. The lowest BCUT2D eigenvalue weighted by molar-refractivity contribution is 0.0614. The fourth-order valence-electron chi connectivity index (χ4n) is 1.94. The molecule has 100 valence electrons. The lowest BCUT2D eigenvalue weighted by Gasteiger charge is -2.27. The van der Waals surface area contributed by atoms with Gasteiger partial charge in [-0.15, -0.1) is 11.6 Å². The highest BCUT2D eigenvalue weighted by Gasteiger charge is 2.29. The molecule has 0 saturated heterocycles. The third kappa shape index (κ3) is 3.27. The van der Waals surface area contributed by atoms with E-state index in [9.17, 15) is 9.50 Å². The van der Waals surface area contributed by atoms with Crippen LogP contribution in [0.3, 0.4) is 0 Å². The van der Waals surface area contributed by atoms with E-state index in [0.717, 1.165) is 5.56 Å². The topological polar surface area (TPSA) is 20.2 Å². The third-order valence-electron chi connectivity index (χ3n) is 3.04. The van der Waals surface area contributed by atoms with Crippen LogP contribution in [0.25, 0.3) is 0 Å². The lowest BCUT2D eigenvalue weighted by atomic mass is 9.89. The Hall–Kier alpha value is -1.09. The highest BCUT2D eigenvalue weighted by atomic mass is 35.5. The van der Waals surface area contributed by atoms with Gasteiger partial charge in [0.1, 0.15) is 11.4 Å². The molecule has 0 aliphatic rings. The minimum atomic E-state index is -1.26. The van der Waals surface area contributed by atoms with Gasteiger partial charge in [0.2, 0.25) is 0 Å². The molecule has 0 aliphatic heterocycles. The molecule has 1 unspecified atom stereocenters. The maximum Gasteiger partial charge on any atom is 0.123 e. The molecule has 0 radical (unpaired) electrons. The summed E-state index contributed by atoms with van der Waals surface area (Å²) in [5.74, 6) is -0.345. The van der Waals surface area contributed by atoms with E-state index in [-0.39, 0.29) is 18.1 Å². The summed E-state index contributed by atoms with van der Waals surface area (Å²) in [6, 6.07) is 13.0. The van der Waals surface area contributed by atoms with E-state index < -0.39 is 5.60 Å². The van der Waals surface area contributed by atoms with Crippen molar-refractivity contribution < 1.29 is 9.50 Å². The van der Waals surface area contributed by atoms with E-state index in [1.807, 2.05) is 18.2 Å². The van der Waals surface area contributed by atoms with Crippen molar-refractivity contribution in [1.82, 2.24) is 0 Å². The van der Waals surface area contributed by atoms with Crippen LogP contribution in [0.2, 0.25) is 5.02 Å². The van der Waals surface area contributed by atoms with Crippen molar-refractivity contribution in [2.75, 3.05) is 5.88 Å². The van der Waals surface area contributed by atoms with Gasteiger partial charge in [-0.3, -0.25) is 0 Å². The van der Waals surface area contributed by atoms with Crippen molar-refractivity contribution in [2.45, 2.75) is 12.0 Å². The molecule has 2 aromatic carbocycles. The van der Waals surface area contributed by atoms with Crippen LogP contribution in [0.5, 0.6) is 0 Å². The second kappa shape index (κ2) is 5.91. The summed E-state index contributed by atoms with van der Waals surface area (Å²) < 4.78 is 12.9. The van der Waals surface area contributed by atoms with Crippen molar-refractivity contribution in [1.29, 1.82) is 0 Å². The average molecular weight is 299 g/mol. The van der Waals surface area contributed by atoms with Gasteiger partial charge in [0.15, 0.2) is 0 Å². The normalized spacial score (nSPS) is 14.1. The predicted molar refractivity (Wildman–Crippen MR) is 76.2 cm³/mol. The summed E-state index contributed by atoms with van der Waals surface area (Å²) in [6.07, 6.45) is 0.280. The molecular formula is C15H13Cl2FO. The Balaban J connectivity index is 2.33. The molecule has 2 rings (SSSR count). The Morgan fingerprint density at radius 1 is 1.05 bits per heavy atom. The van der Waals surface area contributed by atoms with Crippen LogP contribution < -0.4 is 0 Å². The predicted octanol–water partition coefficient (Wildman–Crippen LogP) is 4.15. The summed E-state index contributed by atoms with van der Waals surface area (Å²) in [7, 11) is 0. The van der Waals surface area contributed by atoms with E-state index in [1.165, 1.54) is 24.3 Å². The highest BCUT2D eigenvalue weighted by molar-refractivity contribution is 6.31. The fourth-order valence-corrected chi connectivity index (χ4v) is 2.39. The molecule has 0 aliphatic carbocycles. The van der Waals surface area contributed by atoms with Crippen LogP contribution in [-0.2, 0) is 12.0 Å². The number of hydrogen-bond donors (Lipinski definition) is 1. The number of alkyl halides is 1. The standard InChI is InChI=1S/C15H13Cl2FO/c16-10-15(19,12-5-7-13(18)8-6-12)9-11-3-1-2-4-14(11)17/h1-8,19H,9-10H2. The van der Waals surface area contributed by atoms with Crippen LogP contribution in [0, 0.1) is 5.82 Å². The molecule has 1 N–H and O–H groups in total. The summed E-state index contributed by atoms with van der Waals surface area (Å²) in [6.45, 7) is 0. The van der Waals surface area contributed by atoms with Crippen LogP contribution >= 0.6 is 23.2 Å². The van der Waals surface area contributed by atoms with Gasteiger partial charge in [-0.2, -0.15) is 0 Å². The Morgan fingerprint density at radius 3 is 2.26 bits per heavy atom. The Kier molecular flexibility index (Phi) is 4.46. The smallest absolute Gasteiger partial charge is 0.123 e. The minimum absolute atomic E-state index is 0.00382. The van der Waals surface area contributed by atoms with Gasteiger partial charge >= 0.3 is 0 Å². The molecule has 0 saturated carbocycles. The second-order valence-electron chi connectivity index (χ2n) is 4.44. The van der Waals surface area contributed by atoms with E-state index in [0.29, 0.717) is 10.6 Å². The molecule has 0 spiro atoms. The first-order chi connectivity index (χ1) is 9.05. The van der Waals surface area contributed by atoms with Gasteiger partial charge in [-0.25, -0.2) is 4.39 Å². The number of halogens is 3. The first-order valence-corrected chi connectivity index (χ1v) is 6.74. The SMILES string of the molecule is OC(CCl)(Cc1ccccc1Cl)c1ccc(F)cc1. The zero-order chi connectivity index (χ0) is 13.9. The third-order valence-corrected chi connectivity index (χ3v) is 3.85. The molecule has 1 nitrogen and oxygen atoms in total. The number of aliphatic hydroxyl groups is 1. The van der Waals surface area contributed by atoms with E-state index >= 15 is 0 Å². The maximum absolute atomic E-state index is 12.9. The molecule has 0 aromatic heterocycles. The number of rotatable bonds is 4. The first kappa shape index (κ1) is 14.3. The Labute approximate surface area is 121 Å². The molecule has 2 aromatic rings. The molecule has 4 heteroatoms. The quantitative estimate of drug-likeness (QED) is 0.841. The number of benzene rings is 2. The minimum Gasteiger partial charge on any atom is -0.384 e. The van der Waals surface area contributed by atoms with Crippen LogP contribution in [-0.4, -0.2) is 11.0 Å².